The predicted molar refractivity (Wildman–Crippen MR) is 127 cm³/mol. The molecule has 0 heterocycles. The van der Waals surface area contributed by atoms with Gasteiger partial charge >= 0.3 is 6.18 Å². The topological polar surface area (TPSA) is 86.8 Å². The molecule has 0 aliphatic heterocycles. The fourth-order valence-corrected chi connectivity index (χ4v) is 4.64. The van der Waals surface area contributed by atoms with E-state index in [1.807, 2.05) is 0 Å². The number of anilines is 1. The van der Waals surface area contributed by atoms with Gasteiger partial charge in [-0.2, -0.15) is 13.2 Å². The molecule has 0 fully saturated rings. The Morgan fingerprint density at radius 1 is 1.18 bits per heavy atom. The molecule has 0 saturated heterocycles. The maximum absolute atomic E-state index is 13.3. The predicted octanol–water partition coefficient (Wildman–Crippen LogP) is 4.05. The van der Waals surface area contributed by atoms with Gasteiger partial charge in [0.1, 0.15) is 12.6 Å². The van der Waals surface area contributed by atoms with Crippen molar-refractivity contribution in [2.24, 2.45) is 0 Å². The van der Waals surface area contributed by atoms with Crippen LogP contribution in [0.15, 0.2) is 46.9 Å². The maximum atomic E-state index is 13.3. The number of amides is 2. The van der Waals surface area contributed by atoms with Gasteiger partial charge in [0.05, 0.1) is 22.5 Å². The molecule has 2 aromatic rings. The molecule has 1 atom stereocenters. The zero-order chi connectivity index (χ0) is 25.8. The minimum atomic E-state index is -4.83. The molecular formula is C21H22BrClF3N3O4S. The van der Waals surface area contributed by atoms with E-state index in [1.54, 1.807) is 24.3 Å². The molecule has 2 rings (SSSR count). The fourth-order valence-electron chi connectivity index (χ4n) is 3.12. The zero-order valence-corrected chi connectivity index (χ0v) is 21.5. The number of alkyl halides is 3. The number of hydrogen-bond acceptors (Lipinski definition) is 4. The number of carbonyl (C=O) groups is 2. The Morgan fingerprint density at radius 2 is 1.82 bits per heavy atom. The van der Waals surface area contributed by atoms with E-state index in [2.05, 4.69) is 21.2 Å². The lowest BCUT2D eigenvalue weighted by Gasteiger charge is -2.31. The molecule has 0 aliphatic carbocycles. The highest BCUT2D eigenvalue weighted by Crippen LogP contribution is 2.37. The standard InChI is InChI=1S/C21H22BrClF3N3O4S/c1-13(20(31)27-2)28(11-14-5-4-6-15(22)9-14)19(30)12-29(34(3,32)33)16-7-8-18(23)17(10-16)21(24,25)26/h4-10,13H,11-12H2,1-3H3,(H,27,31). The molecule has 0 aliphatic rings. The SMILES string of the molecule is CNC(=O)C(C)N(Cc1cccc(Br)c1)C(=O)CN(c1ccc(Cl)c(C(F)(F)F)c1)S(C)(=O)=O. The molecule has 0 bridgehead atoms. The van der Waals surface area contributed by atoms with Crippen LogP contribution in [0.25, 0.3) is 0 Å². The first-order valence-electron chi connectivity index (χ1n) is 9.75. The van der Waals surface area contributed by atoms with Crippen LogP contribution in [0.4, 0.5) is 18.9 Å². The first kappa shape index (κ1) is 27.9. The van der Waals surface area contributed by atoms with Gasteiger partial charge in [0.2, 0.25) is 21.8 Å². The van der Waals surface area contributed by atoms with Gasteiger partial charge in [-0.25, -0.2) is 8.42 Å². The van der Waals surface area contributed by atoms with Crippen LogP contribution >= 0.6 is 27.5 Å². The van der Waals surface area contributed by atoms with Gasteiger partial charge in [-0.3, -0.25) is 13.9 Å². The summed E-state index contributed by atoms with van der Waals surface area (Å²) in [6.07, 6.45) is -4.07. The van der Waals surface area contributed by atoms with Crippen LogP contribution in [0, 0.1) is 0 Å². The minimum Gasteiger partial charge on any atom is -0.357 e. The third kappa shape index (κ3) is 7.09. The summed E-state index contributed by atoms with van der Waals surface area (Å²) in [5, 5.41) is 1.82. The molecule has 0 radical (unpaired) electrons. The second-order valence-electron chi connectivity index (χ2n) is 7.37. The monoisotopic (exact) mass is 583 g/mol. The Kier molecular flexibility index (Phi) is 9.00. The summed E-state index contributed by atoms with van der Waals surface area (Å²) in [6, 6.07) is 8.49. The highest BCUT2D eigenvalue weighted by atomic mass is 79.9. The summed E-state index contributed by atoms with van der Waals surface area (Å²) in [5.74, 6) is -1.29. The van der Waals surface area contributed by atoms with Crippen molar-refractivity contribution >= 4 is 55.1 Å². The molecule has 1 unspecified atom stereocenters. The van der Waals surface area contributed by atoms with E-state index in [-0.39, 0.29) is 12.2 Å². The van der Waals surface area contributed by atoms with Crippen molar-refractivity contribution in [2.75, 3.05) is 24.2 Å². The molecule has 0 aromatic heterocycles. The van der Waals surface area contributed by atoms with Crippen LogP contribution in [0.2, 0.25) is 5.02 Å². The second-order valence-corrected chi connectivity index (χ2v) is 10.6. The van der Waals surface area contributed by atoms with Crippen molar-refractivity contribution in [2.45, 2.75) is 25.7 Å². The van der Waals surface area contributed by atoms with E-state index in [9.17, 15) is 31.2 Å². The number of nitrogens with zero attached hydrogens (tertiary/aromatic N) is 2. The lowest BCUT2D eigenvalue weighted by molar-refractivity contribution is -0.139. The zero-order valence-electron chi connectivity index (χ0n) is 18.4. The van der Waals surface area contributed by atoms with Crippen LogP contribution in [0.3, 0.4) is 0 Å². The van der Waals surface area contributed by atoms with Crippen LogP contribution < -0.4 is 9.62 Å². The van der Waals surface area contributed by atoms with Gasteiger partial charge in [-0.15, -0.1) is 0 Å². The number of halogens is 5. The summed E-state index contributed by atoms with van der Waals surface area (Å²) in [5.41, 5.74) is -0.977. The van der Waals surface area contributed by atoms with E-state index in [0.717, 1.165) is 27.8 Å². The van der Waals surface area contributed by atoms with Gasteiger partial charge < -0.3 is 10.2 Å². The Balaban J connectivity index is 2.47. The smallest absolute Gasteiger partial charge is 0.357 e. The second kappa shape index (κ2) is 11.0. The van der Waals surface area contributed by atoms with Crippen LogP contribution in [0.5, 0.6) is 0 Å². The number of hydrogen-bond donors (Lipinski definition) is 1. The molecule has 0 saturated carbocycles. The summed E-state index contributed by atoms with van der Waals surface area (Å²) in [7, 11) is -2.80. The molecule has 13 heteroatoms. The largest absolute Gasteiger partial charge is 0.417 e. The first-order valence-corrected chi connectivity index (χ1v) is 12.8. The maximum Gasteiger partial charge on any atom is 0.417 e. The van der Waals surface area contributed by atoms with Gasteiger partial charge in [-0.1, -0.05) is 39.7 Å². The molecule has 7 nitrogen and oxygen atoms in total. The van der Waals surface area contributed by atoms with E-state index in [4.69, 9.17) is 11.6 Å². The minimum absolute atomic E-state index is 0.0428. The van der Waals surface area contributed by atoms with Crippen molar-refractivity contribution < 1.29 is 31.2 Å². The Bertz CT molecular complexity index is 1180. The normalized spacial score (nSPS) is 12.7. The van der Waals surface area contributed by atoms with E-state index in [1.165, 1.54) is 14.0 Å². The van der Waals surface area contributed by atoms with E-state index >= 15 is 0 Å². The van der Waals surface area contributed by atoms with Crippen LogP contribution in [-0.4, -0.2) is 51.0 Å². The highest BCUT2D eigenvalue weighted by molar-refractivity contribution is 9.10. The number of rotatable bonds is 8. The Morgan fingerprint density at radius 3 is 2.35 bits per heavy atom. The molecular weight excluding hydrogens is 563 g/mol. The fraction of sp³-hybridized carbons (Fsp3) is 0.333. The number of nitrogens with one attached hydrogen (secondary N) is 1. The summed E-state index contributed by atoms with van der Waals surface area (Å²) in [6.45, 7) is 0.593. The summed E-state index contributed by atoms with van der Waals surface area (Å²) < 4.78 is 66.1. The average Bonchev–Trinajstić information content (AvgIpc) is 2.73. The third-order valence-corrected chi connectivity index (χ3v) is 6.84. The quantitative estimate of drug-likeness (QED) is 0.507. The lowest BCUT2D eigenvalue weighted by atomic mass is 10.1. The number of carbonyl (C=O) groups excluding carboxylic acids is 2. The first-order chi connectivity index (χ1) is 15.6. The molecule has 186 valence electrons. The lowest BCUT2D eigenvalue weighted by Crippen LogP contribution is -2.50. The van der Waals surface area contributed by atoms with Crippen molar-refractivity contribution in [3.8, 4) is 0 Å². The van der Waals surface area contributed by atoms with Crippen molar-refractivity contribution in [1.82, 2.24) is 10.2 Å². The van der Waals surface area contributed by atoms with Crippen molar-refractivity contribution in [3.05, 3.63) is 63.1 Å². The highest BCUT2D eigenvalue weighted by Gasteiger charge is 2.35. The number of benzene rings is 2. The number of sulfonamides is 1. The molecule has 0 spiro atoms. The molecule has 2 aromatic carbocycles. The van der Waals surface area contributed by atoms with Crippen molar-refractivity contribution in [3.63, 3.8) is 0 Å². The van der Waals surface area contributed by atoms with Gasteiger partial charge in [-0.05, 0) is 42.8 Å². The van der Waals surface area contributed by atoms with E-state index in [0.29, 0.717) is 15.9 Å². The van der Waals surface area contributed by atoms with Crippen LogP contribution in [-0.2, 0) is 32.3 Å². The van der Waals surface area contributed by atoms with Gasteiger partial charge in [0.15, 0.2) is 0 Å². The summed E-state index contributed by atoms with van der Waals surface area (Å²) in [4.78, 5) is 26.7. The number of likely N-dealkylation sites (N-methyl/N-ethyl adjacent to an activating group) is 1. The van der Waals surface area contributed by atoms with Crippen molar-refractivity contribution in [1.29, 1.82) is 0 Å². The average molecular weight is 585 g/mol. The Hall–Kier alpha value is -2.31. The molecule has 1 N–H and O–H groups in total. The Labute approximate surface area is 209 Å². The molecule has 2 amide bonds. The van der Waals surface area contributed by atoms with Gasteiger partial charge in [0.25, 0.3) is 0 Å². The third-order valence-electron chi connectivity index (χ3n) is 4.88. The molecule has 34 heavy (non-hydrogen) atoms. The summed E-state index contributed by atoms with van der Waals surface area (Å²) >= 11 is 8.96. The van der Waals surface area contributed by atoms with Gasteiger partial charge in [0, 0.05) is 18.1 Å². The van der Waals surface area contributed by atoms with Crippen LogP contribution in [0.1, 0.15) is 18.1 Å². The van der Waals surface area contributed by atoms with E-state index < -0.39 is 51.2 Å².